The molecule has 3 rings (SSSR count). The summed E-state index contributed by atoms with van der Waals surface area (Å²) in [7, 11) is -3.89. The molecule has 1 aliphatic carbocycles. The second-order valence-corrected chi connectivity index (χ2v) is 14.0. The Morgan fingerprint density at radius 1 is 1.13 bits per heavy atom. The lowest BCUT2D eigenvalue weighted by molar-refractivity contribution is -0.141. The van der Waals surface area contributed by atoms with Crippen LogP contribution in [0.4, 0.5) is 4.79 Å². The van der Waals surface area contributed by atoms with E-state index in [9.17, 15) is 27.6 Å². The monoisotopic (exact) mass is 554 g/mol. The molecular formula is C26H42N4O7S. The highest BCUT2D eigenvalue weighted by molar-refractivity contribution is 7.90. The number of hydrogen-bond donors (Lipinski definition) is 3. The van der Waals surface area contributed by atoms with Gasteiger partial charge in [-0.05, 0) is 73.1 Å². The van der Waals surface area contributed by atoms with Gasteiger partial charge >= 0.3 is 6.09 Å². The van der Waals surface area contributed by atoms with Crippen molar-refractivity contribution in [3.05, 3.63) is 12.2 Å². The van der Waals surface area contributed by atoms with Crippen molar-refractivity contribution in [2.45, 2.75) is 114 Å². The van der Waals surface area contributed by atoms with Gasteiger partial charge in [0.15, 0.2) is 0 Å². The Bertz CT molecular complexity index is 1070. The van der Waals surface area contributed by atoms with Crippen LogP contribution in [-0.4, -0.2) is 72.2 Å². The molecule has 12 heteroatoms. The standard InChI is InChI=1S/C26H42N4O7S/c1-17(2)38(35,36)29-23(33)26-16-18(26)12-9-7-6-8-10-13-19(27-24(34)37-25(3,4)5)22(32)30-15-11-14-20(30)21(31)28-26/h9,12,17-20H,6-8,10-11,13-16H2,1-5H3,(H,27,34)(H,28,31)(H,29,33)/b12-9-/t18-,19+,20+,26-/m1/s1. The Hall–Kier alpha value is -2.63. The third-order valence-electron chi connectivity index (χ3n) is 7.18. The second kappa shape index (κ2) is 11.6. The van der Waals surface area contributed by atoms with Gasteiger partial charge in [0.05, 0.1) is 5.25 Å². The molecule has 2 aliphatic heterocycles. The fourth-order valence-corrected chi connectivity index (χ4v) is 5.56. The topological polar surface area (TPSA) is 151 Å². The van der Waals surface area contributed by atoms with E-state index in [1.165, 1.54) is 18.7 Å². The number of carbonyl (C=O) groups is 4. The number of ether oxygens (including phenoxy) is 1. The number of hydrogen-bond acceptors (Lipinski definition) is 7. The smallest absolute Gasteiger partial charge is 0.408 e. The molecule has 3 N–H and O–H groups in total. The van der Waals surface area contributed by atoms with Gasteiger partial charge in [-0.2, -0.15) is 0 Å². The number of nitrogens with one attached hydrogen (secondary N) is 3. The Balaban J connectivity index is 1.84. The Morgan fingerprint density at radius 3 is 2.50 bits per heavy atom. The summed E-state index contributed by atoms with van der Waals surface area (Å²) in [5.74, 6) is -1.98. The first-order valence-corrected chi connectivity index (χ1v) is 15.1. The maximum Gasteiger partial charge on any atom is 0.408 e. The van der Waals surface area contributed by atoms with E-state index < -0.39 is 56.4 Å². The molecule has 0 aromatic carbocycles. The number of alkyl carbamates (subject to hydrolysis) is 1. The molecule has 2 fully saturated rings. The van der Waals surface area contributed by atoms with Crippen LogP contribution in [0.15, 0.2) is 12.2 Å². The van der Waals surface area contributed by atoms with Crippen LogP contribution in [0.25, 0.3) is 0 Å². The molecule has 0 spiro atoms. The molecule has 0 aromatic heterocycles. The molecule has 1 saturated carbocycles. The number of fused-ring (bicyclic) bond motifs is 2. The predicted molar refractivity (Wildman–Crippen MR) is 141 cm³/mol. The van der Waals surface area contributed by atoms with Crippen LogP contribution in [0.5, 0.6) is 0 Å². The summed E-state index contributed by atoms with van der Waals surface area (Å²) in [4.78, 5) is 54.2. The third kappa shape index (κ3) is 7.27. The summed E-state index contributed by atoms with van der Waals surface area (Å²) in [6.07, 6.45) is 7.91. The minimum absolute atomic E-state index is 0.276. The van der Waals surface area contributed by atoms with Crippen molar-refractivity contribution in [2.75, 3.05) is 6.54 Å². The van der Waals surface area contributed by atoms with E-state index in [2.05, 4.69) is 15.4 Å². The van der Waals surface area contributed by atoms with Crippen LogP contribution in [0, 0.1) is 5.92 Å². The van der Waals surface area contributed by atoms with Gasteiger partial charge in [-0.25, -0.2) is 13.2 Å². The molecule has 0 bridgehead atoms. The van der Waals surface area contributed by atoms with E-state index in [0.717, 1.165) is 19.3 Å². The van der Waals surface area contributed by atoms with Crippen LogP contribution >= 0.6 is 0 Å². The summed E-state index contributed by atoms with van der Waals surface area (Å²) in [5, 5.41) is 4.69. The van der Waals surface area contributed by atoms with E-state index >= 15 is 0 Å². The third-order valence-corrected chi connectivity index (χ3v) is 8.89. The first kappa shape index (κ1) is 29.9. The van der Waals surface area contributed by atoms with Crippen molar-refractivity contribution in [3.63, 3.8) is 0 Å². The fourth-order valence-electron chi connectivity index (χ4n) is 4.88. The maximum absolute atomic E-state index is 13.6. The fraction of sp³-hybridized carbons (Fsp3) is 0.769. The molecule has 2 heterocycles. The van der Waals surface area contributed by atoms with Crippen LogP contribution in [-0.2, 0) is 29.1 Å². The molecule has 0 aromatic rings. The highest BCUT2D eigenvalue weighted by atomic mass is 32.2. The van der Waals surface area contributed by atoms with Crippen LogP contribution in [0.1, 0.15) is 86.0 Å². The normalized spacial score (nSPS) is 29.7. The van der Waals surface area contributed by atoms with Crippen molar-refractivity contribution in [1.29, 1.82) is 0 Å². The lowest BCUT2D eigenvalue weighted by Crippen LogP contribution is -2.58. The number of allylic oxidation sites excluding steroid dienone is 1. The Labute approximate surface area is 225 Å². The van der Waals surface area contributed by atoms with Gasteiger partial charge in [0.1, 0.15) is 23.2 Å². The second-order valence-electron chi connectivity index (χ2n) is 11.8. The quantitative estimate of drug-likeness (QED) is 0.450. The van der Waals surface area contributed by atoms with Crippen LogP contribution in [0.3, 0.4) is 0 Å². The molecule has 4 atom stereocenters. The molecule has 3 aliphatic rings. The lowest BCUT2D eigenvalue weighted by atomic mass is 10.0. The van der Waals surface area contributed by atoms with Crippen molar-refractivity contribution < 1.29 is 32.3 Å². The van der Waals surface area contributed by atoms with Gasteiger partial charge in [-0.15, -0.1) is 0 Å². The van der Waals surface area contributed by atoms with Crippen molar-refractivity contribution in [3.8, 4) is 0 Å². The molecule has 11 nitrogen and oxygen atoms in total. The highest BCUT2D eigenvalue weighted by Gasteiger charge is 2.61. The first-order chi connectivity index (χ1) is 17.7. The average Bonchev–Trinajstić information content (AvgIpc) is 3.26. The van der Waals surface area contributed by atoms with Crippen molar-refractivity contribution in [1.82, 2.24) is 20.3 Å². The Morgan fingerprint density at radius 2 is 1.84 bits per heavy atom. The molecule has 0 radical (unpaired) electrons. The lowest BCUT2D eigenvalue weighted by Gasteiger charge is -2.30. The largest absolute Gasteiger partial charge is 0.444 e. The van der Waals surface area contributed by atoms with E-state index in [-0.39, 0.29) is 18.2 Å². The summed E-state index contributed by atoms with van der Waals surface area (Å²) in [6, 6.07) is -1.67. The summed E-state index contributed by atoms with van der Waals surface area (Å²) >= 11 is 0. The summed E-state index contributed by atoms with van der Waals surface area (Å²) in [5.41, 5.74) is -2.12. The first-order valence-electron chi connectivity index (χ1n) is 13.5. The van der Waals surface area contributed by atoms with E-state index in [0.29, 0.717) is 32.2 Å². The van der Waals surface area contributed by atoms with Gasteiger partial charge in [-0.3, -0.25) is 19.1 Å². The number of rotatable bonds is 4. The van der Waals surface area contributed by atoms with Crippen molar-refractivity contribution in [2.24, 2.45) is 5.92 Å². The highest BCUT2D eigenvalue weighted by Crippen LogP contribution is 2.45. The minimum atomic E-state index is -3.89. The van der Waals surface area contributed by atoms with E-state index in [1.807, 2.05) is 12.2 Å². The van der Waals surface area contributed by atoms with Gasteiger partial charge in [0.25, 0.3) is 5.91 Å². The zero-order valence-corrected chi connectivity index (χ0v) is 23.9. The van der Waals surface area contributed by atoms with Gasteiger partial charge in [0, 0.05) is 12.5 Å². The zero-order chi connectivity index (χ0) is 28.3. The van der Waals surface area contributed by atoms with E-state index in [1.54, 1.807) is 20.8 Å². The Kier molecular flexibility index (Phi) is 9.16. The van der Waals surface area contributed by atoms with E-state index in [4.69, 9.17) is 4.74 Å². The van der Waals surface area contributed by atoms with Crippen molar-refractivity contribution >= 4 is 33.8 Å². The molecule has 38 heavy (non-hydrogen) atoms. The zero-order valence-electron chi connectivity index (χ0n) is 23.0. The van der Waals surface area contributed by atoms with Gasteiger partial charge in [-0.1, -0.05) is 25.0 Å². The number of nitrogens with zero attached hydrogens (tertiary/aromatic N) is 1. The van der Waals surface area contributed by atoms with Crippen LogP contribution in [0.2, 0.25) is 0 Å². The molecule has 0 unspecified atom stereocenters. The van der Waals surface area contributed by atoms with Gasteiger partial charge < -0.3 is 20.3 Å². The maximum atomic E-state index is 13.6. The molecule has 1 saturated heterocycles. The summed E-state index contributed by atoms with van der Waals surface area (Å²) in [6.45, 7) is 8.49. The van der Waals surface area contributed by atoms with Crippen LogP contribution < -0.4 is 15.4 Å². The van der Waals surface area contributed by atoms with Gasteiger partial charge in [0.2, 0.25) is 21.8 Å². The summed E-state index contributed by atoms with van der Waals surface area (Å²) < 4.78 is 32.3. The minimum Gasteiger partial charge on any atom is -0.444 e. The SMILES string of the molecule is CC(C)S(=O)(=O)NC(=O)[C@@]12C[C@H]1/C=C\CCCCC[C@H](NC(=O)OC(C)(C)C)C(=O)N1CCC[C@H]1C(=O)N2. The number of carbonyl (C=O) groups excluding carboxylic acids is 4. The molecule has 214 valence electrons. The molecular weight excluding hydrogens is 512 g/mol. The predicted octanol–water partition coefficient (Wildman–Crippen LogP) is 2.12. The average molecular weight is 555 g/mol. The number of amides is 4. The molecule has 4 amide bonds. The number of sulfonamides is 1.